The van der Waals surface area contributed by atoms with Gasteiger partial charge in [-0.3, -0.25) is 5.21 Å². The Hall–Kier alpha value is -1.75. The minimum absolute atomic E-state index is 0.441. The minimum atomic E-state index is -0.818. The Morgan fingerprint density at radius 1 is 1.42 bits per heavy atom. The summed E-state index contributed by atoms with van der Waals surface area (Å²) in [6, 6.07) is 7.66. The second-order valence-electron chi connectivity index (χ2n) is 2.12. The number of nitrogens with zero attached hydrogens (tertiary/aromatic N) is 1. The fourth-order valence-corrected chi connectivity index (χ4v) is 0.738. The van der Waals surface area contributed by atoms with E-state index in [1.54, 1.807) is 30.3 Å². The molecule has 5 heteroatoms. The number of carbonyl (C=O) groups excluding carboxylic acids is 1. The van der Waals surface area contributed by atoms with E-state index in [0.717, 1.165) is 0 Å². The lowest BCUT2D eigenvalue weighted by atomic mass is 10.3. The quantitative estimate of drug-likeness (QED) is 0.560. The van der Waals surface area contributed by atoms with Crippen LogP contribution in [0.3, 0.4) is 0 Å². The van der Waals surface area contributed by atoms with Crippen LogP contribution in [0.25, 0.3) is 0 Å². The number of benzene rings is 1. The molecule has 12 heavy (non-hydrogen) atoms. The van der Waals surface area contributed by atoms with Crippen molar-refractivity contribution in [1.29, 1.82) is 0 Å². The highest BCUT2D eigenvalue weighted by molar-refractivity contribution is 5.73. The van der Waals surface area contributed by atoms with Gasteiger partial charge in [-0.1, -0.05) is 18.2 Å². The highest BCUT2D eigenvalue weighted by Gasteiger charge is 2.01. The summed E-state index contributed by atoms with van der Waals surface area (Å²) in [5.41, 5.74) is 7.21. The maximum atomic E-state index is 10.3. The summed E-state index contributed by atoms with van der Waals surface area (Å²) in [4.78, 5) is 10.3. The first kappa shape index (κ1) is 8.35. The van der Waals surface area contributed by atoms with E-state index in [0.29, 0.717) is 10.9 Å². The molecule has 0 aliphatic heterocycles. The zero-order valence-corrected chi connectivity index (χ0v) is 6.27. The number of hydrazine groups is 1. The zero-order chi connectivity index (χ0) is 8.97. The lowest BCUT2D eigenvalue weighted by Gasteiger charge is -2.15. The van der Waals surface area contributed by atoms with Gasteiger partial charge in [0.1, 0.15) is 0 Å². The number of carbonyl (C=O) groups is 1. The average molecular weight is 167 g/mol. The second kappa shape index (κ2) is 3.59. The van der Waals surface area contributed by atoms with E-state index in [1.165, 1.54) is 0 Å². The molecule has 0 aliphatic rings. The average Bonchev–Trinajstić information content (AvgIpc) is 2.05. The second-order valence-corrected chi connectivity index (χ2v) is 2.12. The summed E-state index contributed by atoms with van der Waals surface area (Å²) in [7, 11) is 0. The van der Waals surface area contributed by atoms with Crippen molar-refractivity contribution in [3.63, 3.8) is 0 Å². The number of nitrogens with two attached hydrogens (primary N) is 1. The molecule has 4 N–H and O–H groups in total. The molecule has 0 aromatic heterocycles. The molecule has 0 spiro atoms. The van der Waals surface area contributed by atoms with Gasteiger partial charge in [0.2, 0.25) is 0 Å². The van der Waals surface area contributed by atoms with Gasteiger partial charge in [0.25, 0.3) is 0 Å². The van der Waals surface area contributed by atoms with Crippen molar-refractivity contribution in [2.24, 2.45) is 5.73 Å². The van der Waals surface area contributed by atoms with Crippen LogP contribution in [0.5, 0.6) is 0 Å². The van der Waals surface area contributed by atoms with E-state index in [1.807, 2.05) is 5.43 Å². The van der Waals surface area contributed by atoms with Crippen molar-refractivity contribution >= 4 is 11.7 Å². The number of anilines is 1. The molecule has 0 atom stereocenters. The molecule has 0 saturated carbocycles. The predicted octanol–water partition coefficient (Wildman–Crippen LogP) is 0.465. The first-order chi connectivity index (χ1) is 5.70. The van der Waals surface area contributed by atoms with Gasteiger partial charge in [-0.2, -0.15) is 5.17 Å². The van der Waals surface area contributed by atoms with Crippen LogP contribution < -0.4 is 16.3 Å². The number of amides is 2. The van der Waals surface area contributed by atoms with Gasteiger partial charge < -0.3 is 5.73 Å². The molecule has 0 saturated heterocycles. The van der Waals surface area contributed by atoms with Crippen LogP contribution in [0.2, 0.25) is 0 Å². The van der Waals surface area contributed by atoms with Gasteiger partial charge in [0, 0.05) is 0 Å². The molecule has 1 aromatic rings. The highest BCUT2D eigenvalue weighted by Crippen LogP contribution is 2.07. The lowest BCUT2D eigenvalue weighted by Crippen LogP contribution is -2.43. The van der Waals surface area contributed by atoms with Gasteiger partial charge in [-0.15, -0.1) is 0 Å². The van der Waals surface area contributed by atoms with Crippen LogP contribution in [0.15, 0.2) is 30.3 Å². The van der Waals surface area contributed by atoms with Gasteiger partial charge in [-0.05, 0) is 12.1 Å². The van der Waals surface area contributed by atoms with Crippen LogP contribution in [0, 0.1) is 0 Å². The van der Waals surface area contributed by atoms with Crippen molar-refractivity contribution in [3.8, 4) is 0 Å². The molecule has 1 rings (SSSR count). The first-order valence-corrected chi connectivity index (χ1v) is 3.30. The van der Waals surface area contributed by atoms with E-state index in [9.17, 15) is 4.79 Å². The number of hydrogen-bond acceptors (Lipinski definition) is 3. The molecule has 5 nitrogen and oxygen atoms in total. The van der Waals surface area contributed by atoms with E-state index in [-0.39, 0.29) is 0 Å². The van der Waals surface area contributed by atoms with E-state index in [2.05, 4.69) is 0 Å². The zero-order valence-electron chi connectivity index (χ0n) is 6.27. The topological polar surface area (TPSA) is 78.6 Å². The summed E-state index contributed by atoms with van der Waals surface area (Å²) in [6.07, 6.45) is 0. The molecule has 1 aromatic carbocycles. The number of nitrogens with one attached hydrogen (secondary N) is 1. The molecule has 0 radical (unpaired) electrons. The van der Waals surface area contributed by atoms with E-state index < -0.39 is 6.03 Å². The molecule has 2 amide bonds. The molecule has 0 unspecified atom stereocenters. The Balaban J connectivity index is 2.65. The van der Waals surface area contributed by atoms with Crippen molar-refractivity contribution in [1.82, 2.24) is 5.43 Å². The molecule has 0 heterocycles. The van der Waals surface area contributed by atoms with Crippen LogP contribution >= 0.6 is 0 Å². The van der Waals surface area contributed by atoms with Crippen LogP contribution in [0.4, 0.5) is 10.5 Å². The fraction of sp³-hybridized carbons (Fsp3) is 0. The van der Waals surface area contributed by atoms with Crippen molar-refractivity contribution in [3.05, 3.63) is 30.3 Å². The largest absolute Gasteiger partial charge is 0.350 e. The Labute approximate surface area is 69.3 Å². The van der Waals surface area contributed by atoms with Gasteiger partial charge in [0.15, 0.2) is 0 Å². The molecule has 64 valence electrons. The molecule has 0 aliphatic carbocycles. The van der Waals surface area contributed by atoms with E-state index in [4.69, 9.17) is 10.9 Å². The normalized spacial score (nSPS) is 9.08. The number of rotatable bonds is 2. The summed E-state index contributed by atoms with van der Waals surface area (Å²) >= 11 is 0. The highest BCUT2D eigenvalue weighted by atomic mass is 16.5. The standard InChI is InChI=1S/C7H9N3O2/c8-7(11)9-10(12)6-4-2-1-3-5-6/h1-5,12H,(H3,8,9,11). The maximum absolute atomic E-state index is 10.3. The van der Waals surface area contributed by atoms with Gasteiger partial charge in [0.05, 0.1) is 5.69 Å². The molecule has 0 fully saturated rings. The van der Waals surface area contributed by atoms with Crippen LogP contribution in [0.1, 0.15) is 0 Å². The minimum Gasteiger partial charge on any atom is -0.350 e. The lowest BCUT2D eigenvalue weighted by molar-refractivity contribution is 0.201. The van der Waals surface area contributed by atoms with Gasteiger partial charge >= 0.3 is 6.03 Å². The number of primary amides is 1. The third kappa shape index (κ3) is 2.14. The summed E-state index contributed by atoms with van der Waals surface area (Å²) in [5.74, 6) is 0. The Bertz CT molecular complexity index is 263. The smallest absolute Gasteiger partial charge is 0.332 e. The van der Waals surface area contributed by atoms with Crippen molar-refractivity contribution < 1.29 is 10.0 Å². The molecule has 0 bridgehead atoms. The summed E-state index contributed by atoms with van der Waals surface area (Å²) in [5, 5.41) is 9.67. The van der Waals surface area contributed by atoms with Crippen molar-refractivity contribution in [2.45, 2.75) is 0 Å². The third-order valence-corrected chi connectivity index (χ3v) is 1.22. The Morgan fingerprint density at radius 3 is 2.50 bits per heavy atom. The maximum Gasteiger partial charge on any atom is 0.332 e. The van der Waals surface area contributed by atoms with Crippen LogP contribution in [-0.2, 0) is 0 Å². The summed E-state index contributed by atoms with van der Waals surface area (Å²) < 4.78 is 0. The third-order valence-electron chi connectivity index (χ3n) is 1.22. The molecular weight excluding hydrogens is 158 g/mol. The number of hydrogen-bond donors (Lipinski definition) is 3. The van der Waals surface area contributed by atoms with Crippen molar-refractivity contribution in [2.75, 3.05) is 5.17 Å². The Kier molecular flexibility index (Phi) is 2.49. The van der Waals surface area contributed by atoms with E-state index >= 15 is 0 Å². The number of para-hydroxylation sites is 1. The number of urea groups is 1. The monoisotopic (exact) mass is 167 g/mol. The predicted molar refractivity (Wildman–Crippen MR) is 43.4 cm³/mol. The first-order valence-electron chi connectivity index (χ1n) is 3.30. The van der Waals surface area contributed by atoms with Gasteiger partial charge in [-0.25, -0.2) is 10.2 Å². The molecular formula is C7H9N3O2. The fourth-order valence-electron chi connectivity index (χ4n) is 0.738. The SMILES string of the molecule is NC(=O)NN(O)c1ccccc1. The van der Waals surface area contributed by atoms with Crippen LogP contribution in [-0.4, -0.2) is 11.2 Å². The summed E-state index contributed by atoms with van der Waals surface area (Å²) in [6.45, 7) is 0. The Morgan fingerprint density at radius 2 is 2.00 bits per heavy atom.